The first-order chi connectivity index (χ1) is 8.64. The van der Waals surface area contributed by atoms with Gasteiger partial charge in [0.2, 0.25) is 10.0 Å². The Labute approximate surface area is 108 Å². The van der Waals surface area contributed by atoms with Crippen LogP contribution in [0.1, 0.15) is 18.4 Å². The van der Waals surface area contributed by atoms with Crippen LogP contribution in [0.15, 0.2) is 29.2 Å². The van der Waals surface area contributed by atoms with Crippen molar-refractivity contribution in [3.05, 3.63) is 29.8 Å². The first-order valence-electron chi connectivity index (χ1n) is 5.94. The molecule has 0 aliphatic carbocycles. The minimum absolute atomic E-state index is 0.299. The molecule has 5 heteroatoms. The van der Waals surface area contributed by atoms with E-state index in [1.54, 1.807) is 24.3 Å². The Morgan fingerprint density at radius 1 is 1.17 bits per heavy atom. The van der Waals surface area contributed by atoms with Gasteiger partial charge >= 0.3 is 0 Å². The number of sulfonamides is 1. The summed E-state index contributed by atoms with van der Waals surface area (Å²) in [5, 5.41) is 0. The van der Waals surface area contributed by atoms with Crippen molar-refractivity contribution in [1.82, 2.24) is 4.31 Å². The Morgan fingerprint density at radius 2 is 1.78 bits per heavy atom. The molecule has 1 aliphatic heterocycles. The van der Waals surface area contributed by atoms with Crippen molar-refractivity contribution in [1.29, 1.82) is 0 Å². The molecule has 0 atom stereocenters. The largest absolute Gasteiger partial charge is 0.320 e. The zero-order valence-corrected chi connectivity index (χ0v) is 10.9. The van der Waals surface area contributed by atoms with Gasteiger partial charge in [0, 0.05) is 18.7 Å². The highest BCUT2D eigenvalue weighted by Crippen LogP contribution is 2.20. The number of hydrogen-bond acceptors (Lipinski definition) is 3. The highest BCUT2D eigenvalue weighted by Gasteiger charge is 2.26. The molecule has 18 heavy (non-hydrogen) atoms. The monoisotopic (exact) mass is 264 g/mol. The van der Waals surface area contributed by atoms with E-state index in [-0.39, 0.29) is 0 Å². The van der Waals surface area contributed by atoms with Crippen molar-refractivity contribution in [3.8, 4) is 11.8 Å². The maximum absolute atomic E-state index is 12.2. The van der Waals surface area contributed by atoms with E-state index >= 15 is 0 Å². The third-order valence-corrected chi connectivity index (χ3v) is 4.80. The first-order valence-corrected chi connectivity index (χ1v) is 7.38. The van der Waals surface area contributed by atoms with Crippen LogP contribution in [-0.4, -0.2) is 32.4 Å². The van der Waals surface area contributed by atoms with E-state index in [9.17, 15) is 8.42 Å². The lowest BCUT2D eigenvalue weighted by Crippen LogP contribution is -2.27. The van der Waals surface area contributed by atoms with Crippen LogP contribution in [0.3, 0.4) is 0 Å². The second-order valence-corrected chi connectivity index (χ2v) is 6.08. The summed E-state index contributed by atoms with van der Waals surface area (Å²) in [6.45, 7) is 1.54. The summed E-state index contributed by atoms with van der Waals surface area (Å²) in [7, 11) is -3.32. The third-order valence-electron chi connectivity index (χ3n) is 2.89. The lowest BCUT2D eigenvalue weighted by Gasteiger charge is -2.15. The Kier molecular flexibility index (Phi) is 4.02. The van der Waals surface area contributed by atoms with Crippen LogP contribution >= 0.6 is 0 Å². The molecule has 0 aromatic heterocycles. The molecule has 1 saturated heterocycles. The van der Waals surface area contributed by atoms with Crippen LogP contribution in [0.5, 0.6) is 0 Å². The predicted octanol–water partition coefficient (Wildman–Crippen LogP) is 0.781. The van der Waals surface area contributed by atoms with Gasteiger partial charge in [-0.15, -0.1) is 0 Å². The zero-order valence-electron chi connectivity index (χ0n) is 10.1. The van der Waals surface area contributed by atoms with E-state index in [1.165, 1.54) is 4.31 Å². The molecule has 0 unspecified atom stereocenters. The van der Waals surface area contributed by atoms with Crippen LogP contribution in [0.25, 0.3) is 0 Å². The Hall–Kier alpha value is -1.35. The first kappa shape index (κ1) is 13.1. The average Bonchev–Trinajstić information content (AvgIpc) is 2.91. The fraction of sp³-hybridized carbons (Fsp3) is 0.385. The number of nitrogens with zero attached hydrogens (tertiary/aromatic N) is 1. The summed E-state index contributed by atoms with van der Waals surface area (Å²) in [4.78, 5) is 0.336. The molecule has 0 bridgehead atoms. The third kappa shape index (κ3) is 2.72. The van der Waals surface area contributed by atoms with Gasteiger partial charge in [-0.1, -0.05) is 11.8 Å². The minimum Gasteiger partial charge on any atom is -0.320 e. The molecule has 1 aliphatic rings. The molecule has 1 aromatic rings. The van der Waals surface area contributed by atoms with E-state index in [0.717, 1.165) is 18.4 Å². The second kappa shape index (κ2) is 5.53. The predicted molar refractivity (Wildman–Crippen MR) is 70.4 cm³/mol. The van der Waals surface area contributed by atoms with Crippen LogP contribution in [0, 0.1) is 11.8 Å². The van der Waals surface area contributed by atoms with Gasteiger partial charge in [-0.05, 0) is 37.1 Å². The summed E-state index contributed by atoms with van der Waals surface area (Å²) in [6.07, 6.45) is 1.89. The molecule has 0 amide bonds. The van der Waals surface area contributed by atoms with Crippen LogP contribution in [0.2, 0.25) is 0 Å². The fourth-order valence-corrected chi connectivity index (χ4v) is 3.46. The average molecular weight is 264 g/mol. The van der Waals surface area contributed by atoms with Gasteiger partial charge < -0.3 is 5.73 Å². The van der Waals surface area contributed by atoms with E-state index in [4.69, 9.17) is 5.73 Å². The minimum atomic E-state index is -3.32. The van der Waals surface area contributed by atoms with Crippen molar-refractivity contribution in [2.75, 3.05) is 19.6 Å². The lowest BCUT2D eigenvalue weighted by molar-refractivity contribution is 0.477. The van der Waals surface area contributed by atoms with Gasteiger partial charge in [0.1, 0.15) is 0 Å². The fourth-order valence-electron chi connectivity index (χ4n) is 1.94. The molecule has 2 N–H and O–H groups in total. The molecule has 96 valence electrons. The summed E-state index contributed by atoms with van der Waals surface area (Å²) < 4.78 is 26.0. The van der Waals surface area contributed by atoms with E-state index < -0.39 is 10.0 Å². The van der Waals surface area contributed by atoms with E-state index in [1.807, 2.05) is 0 Å². The van der Waals surface area contributed by atoms with Crippen molar-refractivity contribution in [2.45, 2.75) is 17.7 Å². The second-order valence-electron chi connectivity index (χ2n) is 4.14. The quantitative estimate of drug-likeness (QED) is 0.803. The molecule has 0 radical (unpaired) electrons. The van der Waals surface area contributed by atoms with Gasteiger partial charge in [0.05, 0.1) is 11.4 Å². The number of hydrogen-bond donors (Lipinski definition) is 1. The topological polar surface area (TPSA) is 63.4 Å². The zero-order chi connectivity index (χ0) is 13.0. The van der Waals surface area contributed by atoms with Crippen molar-refractivity contribution < 1.29 is 8.42 Å². The van der Waals surface area contributed by atoms with Gasteiger partial charge in [0.25, 0.3) is 0 Å². The van der Waals surface area contributed by atoms with Gasteiger partial charge in [-0.25, -0.2) is 8.42 Å². The molecule has 2 rings (SSSR count). The Morgan fingerprint density at radius 3 is 2.33 bits per heavy atom. The van der Waals surface area contributed by atoms with Crippen LogP contribution < -0.4 is 5.73 Å². The molecular formula is C13H16N2O2S. The number of nitrogens with two attached hydrogens (primary N) is 1. The Balaban J connectivity index is 2.23. The molecule has 0 saturated carbocycles. The smallest absolute Gasteiger partial charge is 0.243 e. The van der Waals surface area contributed by atoms with Gasteiger partial charge in [0.15, 0.2) is 0 Å². The Bertz CT molecular complexity index is 561. The SMILES string of the molecule is NCC#Cc1ccc(S(=O)(=O)N2CCCC2)cc1. The maximum Gasteiger partial charge on any atom is 0.243 e. The number of benzene rings is 1. The van der Waals surface area contributed by atoms with Crippen molar-refractivity contribution >= 4 is 10.0 Å². The van der Waals surface area contributed by atoms with Crippen molar-refractivity contribution in [3.63, 3.8) is 0 Å². The van der Waals surface area contributed by atoms with Gasteiger partial charge in [-0.3, -0.25) is 0 Å². The van der Waals surface area contributed by atoms with Crippen LogP contribution in [0.4, 0.5) is 0 Å². The molecule has 1 aromatic carbocycles. The maximum atomic E-state index is 12.2. The van der Waals surface area contributed by atoms with E-state index in [0.29, 0.717) is 24.5 Å². The molecule has 1 fully saturated rings. The van der Waals surface area contributed by atoms with E-state index in [2.05, 4.69) is 11.8 Å². The molecule has 1 heterocycles. The molecule has 0 spiro atoms. The summed E-state index contributed by atoms with van der Waals surface area (Å²) in [6, 6.07) is 6.64. The molecule has 4 nitrogen and oxygen atoms in total. The lowest BCUT2D eigenvalue weighted by atomic mass is 10.2. The highest BCUT2D eigenvalue weighted by atomic mass is 32.2. The summed E-state index contributed by atoms with van der Waals surface area (Å²) in [5.74, 6) is 5.60. The van der Waals surface area contributed by atoms with Crippen LogP contribution in [-0.2, 0) is 10.0 Å². The summed E-state index contributed by atoms with van der Waals surface area (Å²) >= 11 is 0. The molecular weight excluding hydrogens is 248 g/mol. The highest BCUT2D eigenvalue weighted by molar-refractivity contribution is 7.89. The normalized spacial score (nSPS) is 16.3. The van der Waals surface area contributed by atoms with Crippen molar-refractivity contribution in [2.24, 2.45) is 5.73 Å². The van der Waals surface area contributed by atoms with Gasteiger partial charge in [-0.2, -0.15) is 4.31 Å². The summed E-state index contributed by atoms with van der Waals surface area (Å²) in [5.41, 5.74) is 6.06. The number of rotatable bonds is 2. The standard InChI is InChI=1S/C13H16N2O2S/c14-9-3-4-12-5-7-13(8-6-12)18(16,17)15-10-1-2-11-15/h5-8H,1-2,9-11,14H2.